The molecule has 0 unspecified atom stereocenters. The average molecular weight is 332 g/mol. The second-order valence-corrected chi connectivity index (χ2v) is 6.46. The summed E-state index contributed by atoms with van der Waals surface area (Å²) in [5, 5.41) is 17.4. The van der Waals surface area contributed by atoms with Crippen molar-refractivity contribution in [3.05, 3.63) is 36.4 Å². The van der Waals surface area contributed by atoms with Crippen LogP contribution in [0.3, 0.4) is 0 Å². The van der Waals surface area contributed by atoms with Crippen LogP contribution in [0.1, 0.15) is 51.0 Å². The highest BCUT2D eigenvalue weighted by atomic mass is 16.4. The van der Waals surface area contributed by atoms with E-state index in [4.69, 9.17) is 4.42 Å². The summed E-state index contributed by atoms with van der Waals surface area (Å²) in [5.41, 5.74) is 0. The molecule has 0 aliphatic carbocycles. The van der Waals surface area contributed by atoms with Crippen LogP contribution in [0.15, 0.2) is 35.1 Å². The number of likely N-dealkylation sites (tertiary alicyclic amines) is 1. The van der Waals surface area contributed by atoms with Gasteiger partial charge in [-0.15, -0.1) is 0 Å². The number of carbonyl (C=O) groups is 1. The number of aliphatic hydroxyl groups excluding tert-OH is 1. The van der Waals surface area contributed by atoms with Crippen LogP contribution in [0, 0.1) is 0 Å². The van der Waals surface area contributed by atoms with Gasteiger partial charge in [-0.05, 0) is 38.8 Å². The van der Waals surface area contributed by atoms with Gasteiger partial charge in [-0.2, -0.15) is 5.10 Å². The zero-order valence-corrected chi connectivity index (χ0v) is 14.1. The first-order chi connectivity index (χ1) is 11.5. The van der Waals surface area contributed by atoms with Gasteiger partial charge in [0.15, 0.2) is 5.82 Å². The predicted molar refractivity (Wildman–Crippen MR) is 89.6 cm³/mol. The number of nitrogens with zero attached hydrogens (tertiary/aromatic N) is 3. The smallest absolute Gasteiger partial charge is 0.323 e. The topological polar surface area (TPSA) is 83.5 Å². The average Bonchev–Trinajstić information content (AvgIpc) is 3.28. The molecule has 7 heteroatoms. The molecule has 0 bridgehead atoms. The van der Waals surface area contributed by atoms with Crippen molar-refractivity contribution in [2.75, 3.05) is 11.9 Å². The third kappa shape index (κ3) is 3.62. The Morgan fingerprint density at radius 1 is 1.50 bits per heavy atom. The fraction of sp³-hybridized carbons (Fsp3) is 0.529. The summed E-state index contributed by atoms with van der Waals surface area (Å²) < 4.78 is 7.04. The minimum atomic E-state index is -0.696. The number of hydrogen-bond acceptors (Lipinski definition) is 4. The lowest BCUT2D eigenvalue weighted by Gasteiger charge is -2.26. The van der Waals surface area contributed by atoms with Gasteiger partial charge in [0.1, 0.15) is 11.9 Å². The Morgan fingerprint density at radius 3 is 3.00 bits per heavy atom. The molecule has 1 fully saturated rings. The third-order valence-corrected chi connectivity index (χ3v) is 4.38. The molecular weight excluding hydrogens is 308 g/mol. The lowest BCUT2D eigenvalue weighted by atomic mass is 10.1. The van der Waals surface area contributed by atoms with Gasteiger partial charge in [-0.3, -0.25) is 10.00 Å². The van der Waals surface area contributed by atoms with Crippen LogP contribution in [0.4, 0.5) is 10.6 Å². The van der Waals surface area contributed by atoms with Gasteiger partial charge in [-0.25, -0.2) is 4.79 Å². The van der Waals surface area contributed by atoms with Crippen molar-refractivity contribution in [3.63, 3.8) is 0 Å². The Morgan fingerprint density at radius 2 is 2.33 bits per heavy atom. The summed E-state index contributed by atoms with van der Waals surface area (Å²) in [4.78, 5) is 14.3. The number of aromatic nitrogens is 2. The molecule has 2 N–H and O–H groups in total. The Bertz CT molecular complexity index is 665. The molecule has 3 rings (SSSR count). The van der Waals surface area contributed by atoms with Crippen molar-refractivity contribution in [3.8, 4) is 0 Å². The molecule has 2 atom stereocenters. The number of urea groups is 1. The summed E-state index contributed by atoms with van der Waals surface area (Å²) in [6, 6.07) is 5.38. The number of rotatable bonds is 5. The summed E-state index contributed by atoms with van der Waals surface area (Å²) >= 11 is 0. The number of aliphatic hydroxyl groups is 1. The zero-order valence-electron chi connectivity index (χ0n) is 14.1. The van der Waals surface area contributed by atoms with Crippen molar-refractivity contribution in [2.24, 2.45) is 0 Å². The van der Waals surface area contributed by atoms with Gasteiger partial charge < -0.3 is 14.4 Å². The third-order valence-electron chi connectivity index (χ3n) is 4.38. The molecule has 3 heterocycles. The van der Waals surface area contributed by atoms with E-state index in [-0.39, 0.29) is 18.1 Å². The molecule has 1 aliphatic heterocycles. The van der Waals surface area contributed by atoms with Crippen LogP contribution < -0.4 is 5.32 Å². The summed E-state index contributed by atoms with van der Waals surface area (Å²) in [5.74, 6) is 1.09. The molecule has 1 aliphatic rings. The van der Waals surface area contributed by atoms with Gasteiger partial charge >= 0.3 is 6.03 Å². The standard InChI is InChI=1S/C17H24N4O3/c1-12(2)21-9-7-16(19-21)18-17(23)20-8-3-5-13(20)11-14(22)15-6-4-10-24-15/h4,6-7,9-10,12-14,22H,3,5,8,11H2,1-2H3,(H,18,19,23)/t13-,14+/m1/s1. The van der Waals surface area contributed by atoms with E-state index in [1.165, 1.54) is 0 Å². The van der Waals surface area contributed by atoms with E-state index in [1.807, 2.05) is 20.0 Å². The van der Waals surface area contributed by atoms with Crippen molar-refractivity contribution in [2.45, 2.75) is 51.3 Å². The van der Waals surface area contributed by atoms with E-state index in [0.717, 1.165) is 12.8 Å². The number of furan rings is 1. The number of nitrogens with one attached hydrogen (secondary N) is 1. The van der Waals surface area contributed by atoms with Crippen LogP contribution in [-0.2, 0) is 0 Å². The number of amides is 2. The second kappa shape index (κ2) is 7.09. The number of anilines is 1. The quantitative estimate of drug-likeness (QED) is 0.881. The number of carbonyl (C=O) groups excluding carboxylic acids is 1. The van der Waals surface area contributed by atoms with Crippen molar-refractivity contribution >= 4 is 11.8 Å². The fourth-order valence-corrected chi connectivity index (χ4v) is 3.08. The Kier molecular flexibility index (Phi) is 4.89. The fourth-order valence-electron chi connectivity index (χ4n) is 3.08. The maximum Gasteiger partial charge on any atom is 0.323 e. The summed E-state index contributed by atoms with van der Waals surface area (Å²) in [6.07, 6.45) is 4.99. The highest BCUT2D eigenvalue weighted by Crippen LogP contribution is 2.28. The summed E-state index contributed by atoms with van der Waals surface area (Å²) in [7, 11) is 0. The zero-order chi connectivity index (χ0) is 17.1. The molecular formula is C17H24N4O3. The maximum absolute atomic E-state index is 12.5. The molecule has 130 valence electrons. The van der Waals surface area contributed by atoms with Gasteiger partial charge in [0.2, 0.25) is 0 Å². The SMILES string of the molecule is CC(C)n1ccc(NC(=O)N2CCC[C@@H]2C[C@H](O)c2ccco2)n1. The Hall–Kier alpha value is -2.28. The van der Waals surface area contributed by atoms with Crippen LogP contribution in [0.2, 0.25) is 0 Å². The first kappa shape index (κ1) is 16.6. The van der Waals surface area contributed by atoms with Gasteiger partial charge in [0, 0.05) is 37.3 Å². The minimum absolute atomic E-state index is 0.00251. The highest BCUT2D eigenvalue weighted by molar-refractivity contribution is 5.88. The highest BCUT2D eigenvalue weighted by Gasteiger charge is 2.31. The molecule has 0 spiro atoms. The van der Waals surface area contributed by atoms with Crippen molar-refractivity contribution in [1.29, 1.82) is 0 Å². The normalized spacial score (nSPS) is 19.0. The van der Waals surface area contributed by atoms with E-state index in [1.54, 1.807) is 34.0 Å². The molecule has 1 saturated heterocycles. The first-order valence-corrected chi connectivity index (χ1v) is 8.39. The van der Waals surface area contributed by atoms with E-state index in [2.05, 4.69) is 10.4 Å². The van der Waals surface area contributed by atoms with Gasteiger partial charge in [0.05, 0.1) is 6.26 Å². The Balaban J connectivity index is 1.60. The van der Waals surface area contributed by atoms with E-state index < -0.39 is 6.10 Å². The lowest BCUT2D eigenvalue weighted by Crippen LogP contribution is -2.39. The first-order valence-electron chi connectivity index (χ1n) is 8.39. The molecule has 0 aromatic carbocycles. The van der Waals surface area contributed by atoms with Crippen LogP contribution in [0.5, 0.6) is 0 Å². The molecule has 2 aromatic heterocycles. The largest absolute Gasteiger partial charge is 0.467 e. The van der Waals surface area contributed by atoms with E-state index in [9.17, 15) is 9.90 Å². The molecule has 0 radical (unpaired) electrons. The molecule has 0 saturated carbocycles. The van der Waals surface area contributed by atoms with Crippen LogP contribution >= 0.6 is 0 Å². The van der Waals surface area contributed by atoms with Crippen molar-refractivity contribution < 1.29 is 14.3 Å². The van der Waals surface area contributed by atoms with Gasteiger partial charge in [0.25, 0.3) is 0 Å². The van der Waals surface area contributed by atoms with Gasteiger partial charge in [-0.1, -0.05) is 0 Å². The lowest BCUT2D eigenvalue weighted by molar-refractivity contribution is 0.110. The van der Waals surface area contributed by atoms with E-state index >= 15 is 0 Å². The molecule has 7 nitrogen and oxygen atoms in total. The molecule has 2 amide bonds. The van der Waals surface area contributed by atoms with Crippen molar-refractivity contribution in [1.82, 2.24) is 14.7 Å². The Labute approximate surface area is 141 Å². The maximum atomic E-state index is 12.5. The monoisotopic (exact) mass is 332 g/mol. The van der Waals surface area contributed by atoms with Crippen LogP contribution in [-0.4, -0.2) is 38.4 Å². The molecule has 24 heavy (non-hydrogen) atoms. The van der Waals surface area contributed by atoms with E-state index in [0.29, 0.717) is 24.5 Å². The minimum Gasteiger partial charge on any atom is -0.467 e. The predicted octanol–water partition coefficient (Wildman–Crippen LogP) is 3.18. The second-order valence-electron chi connectivity index (χ2n) is 6.46. The van der Waals surface area contributed by atoms with Crippen LogP contribution in [0.25, 0.3) is 0 Å². The molecule has 2 aromatic rings. The summed E-state index contributed by atoms with van der Waals surface area (Å²) in [6.45, 7) is 4.75. The number of hydrogen-bond donors (Lipinski definition) is 2.